The van der Waals surface area contributed by atoms with Gasteiger partial charge in [0.15, 0.2) is 17.5 Å². The molecule has 28 heavy (non-hydrogen) atoms. The van der Waals surface area contributed by atoms with E-state index in [2.05, 4.69) is 15.6 Å². The smallest absolute Gasteiger partial charge is 0.191 e. The number of rotatable bonds is 5. The molecular weight excluding hydrogens is 493 g/mol. The van der Waals surface area contributed by atoms with Crippen LogP contribution in [0, 0.1) is 0 Å². The lowest BCUT2D eigenvalue weighted by atomic mass is 10.2. The Morgan fingerprint density at radius 3 is 2.68 bits per heavy atom. The SMILES string of the molecule is CN=C(NCc1cc(Cl)c2c(c1)OCCCO2)NCc1ccccc1OC.I. The van der Waals surface area contributed by atoms with E-state index in [1.165, 1.54) is 0 Å². The van der Waals surface area contributed by atoms with E-state index >= 15 is 0 Å². The highest BCUT2D eigenvalue weighted by molar-refractivity contribution is 14.0. The number of para-hydroxylation sites is 1. The maximum absolute atomic E-state index is 6.35. The van der Waals surface area contributed by atoms with Gasteiger partial charge in [0.2, 0.25) is 0 Å². The number of methoxy groups -OCH3 is 1. The number of ether oxygens (including phenoxy) is 3. The van der Waals surface area contributed by atoms with Crippen molar-refractivity contribution in [3.63, 3.8) is 0 Å². The van der Waals surface area contributed by atoms with Crippen LogP contribution in [0.3, 0.4) is 0 Å². The molecule has 0 atom stereocenters. The number of hydrogen-bond donors (Lipinski definition) is 2. The highest BCUT2D eigenvalue weighted by atomic mass is 127. The summed E-state index contributed by atoms with van der Waals surface area (Å²) >= 11 is 6.35. The van der Waals surface area contributed by atoms with E-state index in [0.29, 0.717) is 48.8 Å². The third-order valence-corrected chi connectivity index (χ3v) is 4.47. The topological polar surface area (TPSA) is 64.1 Å². The Hall–Kier alpha value is -1.87. The van der Waals surface area contributed by atoms with Gasteiger partial charge in [0, 0.05) is 32.1 Å². The average molecular weight is 518 g/mol. The number of guanidine groups is 1. The second kappa shape index (κ2) is 11.2. The summed E-state index contributed by atoms with van der Waals surface area (Å²) in [4.78, 5) is 4.26. The van der Waals surface area contributed by atoms with E-state index < -0.39 is 0 Å². The molecule has 0 unspecified atom stereocenters. The second-order valence-electron chi connectivity index (χ2n) is 6.05. The quantitative estimate of drug-likeness (QED) is 0.357. The van der Waals surface area contributed by atoms with E-state index in [1.54, 1.807) is 14.2 Å². The van der Waals surface area contributed by atoms with Crippen LogP contribution < -0.4 is 24.8 Å². The first-order valence-electron chi connectivity index (χ1n) is 8.85. The number of benzene rings is 2. The summed E-state index contributed by atoms with van der Waals surface area (Å²) in [5.74, 6) is 2.84. The fourth-order valence-corrected chi connectivity index (χ4v) is 3.11. The van der Waals surface area contributed by atoms with Crippen LogP contribution in [-0.2, 0) is 13.1 Å². The number of halogens is 2. The molecule has 0 aromatic heterocycles. The molecule has 1 heterocycles. The Kier molecular flexibility index (Phi) is 8.98. The second-order valence-corrected chi connectivity index (χ2v) is 6.45. The summed E-state index contributed by atoms with van der Waals surface area (Å²) < 4.78 is 16.8. The van der Waals surface area contributed by atoms with Crippen LogP contribution in [-0.4, -0.2) is 33.3 Å². The molecule has 2 aromatic rings. The predicted molar refractivity (Wildman–Crippen MR) is 123 cm³/mol. The van der Waals surface area contributed by atoms with Gasteiger partial charge in [-0.1, -0.05) is 29.8 Å². The minimum Gasteiger partial charge on any atom is -0.496 e. The van der Waals surface area contributed by atoms with Crippen molar-refractivity contribution in [3.05, 3.63) is 52.5 Å². The zero-order valence-electron chi connectivity index (χ0n) is 16.0. The average Bonchev–Trinajstić information content (AvgIpc) is 2.94. The molecule has 0 spiro atoms. The maximum Gasteiger partial charge on any atom is 0.191 e. The molecule has 0 saturated carbocycles. The molecule has 0 bridgehead atoms. The van der Waals surface area contributed by atoms with Crippen molar-refractivity contribution in [3.8, 4) is 17.2 Å². The van der Waals surface area contributed by atoms with Crippen molar-refractivity contribution in [2.45, 2.75) is 19.5 Å². The molecule has 6 nitrogen and oxygen atoms in total. The van der Waals surface area contributed by atoms with E-state index in [1.807, 2.05) is 36.4 Å². The summed E-state index contributed by atoms with van der Waals surface area (Å²) in [6.07, 6.45) is 0.845. The molecule has 2 aromatic carbocycles. The highest BCUT2D eigenvalue weighted by Crippen LogP contribution is 2.37. The van der Waals surface area contributed by atoms with E-state index in [0.717, 1.165) is 23.3 Å². The van der Waals surface area contributed by atoms with Gasteiger partial charge < -0.3 is 24.8 Å². The number of nitrogens with one attached hydrogen (secondary N) is 2. The highest BCUT2D eigenvalue weighted by Gasteiger charge is 2.15. The van der Waals surface area contributed by atoms with Crippen molar-refractivity contribution in [2.24, 2.45) is 4.99 Å². The van der Waals surface area contributed by atoms with E-state index in [4.69, 9.17) is 25.8 Å². The summed E-state index contributed by atoms with van der Waals surface area (Å²) in [6, 6.07) is 11.7. The van der Waals surface area contributed by atoms with Gasteiger partial charge in [0.05, 0.1) is 25.3 Å². The molecule has 2 N–H and O–H groups in total. The first-order chi connectivity index (χ1) is 13.2. The minimum absolute atomic E-state index is 0. The van der Waals surface area contributed by atoms with Crippen LogP contribution in [0.1, 0.15) is 17.5 Å². The van der Waals surface area contributed by atoms with Gasteiger partial charge in [-0.05, 0) is 23.8 Å². The maximum atomic E-state index is 6.35. The van der Waals surface area contributed by atoms with Gasteiger partial charge in [-0.25, -0.2) is 0 Å². The van der Waals surface area contributed by atoms with Crippen LogP contribution in [0.15, 0.2) is 41.4 Å². The molecule has 152 valence electrons. The van der Waals surface area contributed by atoms with Gasteiger partial charge >= 0.3 is 0 Å². The van der Waals surface area contributed by atoms with Crippen LogP contribution in [0.2, 0.25) is 5.02 Å². The Bertz CT molecular complexity index is 817. The monoisotopic (exact) mass is 517 g/mol. The Balaban J connectivity index is 0.00000280. The predicted octanol–water partition coefficient (Wildman–Crippen LogP) is 3.99. The lowest BCUT2D eigenvalue weighted by Gasteiger charge is -2.15. The van der Waals surface area contributed by atoms with Crippen LogP contribution >= 0.6 is 35.6 Å². The van der Waals surface area contributed by atoms with Crippen molar-refractivity contribution in [1.82, 2.24) is 10.6 Å². The van der Waals surface area contributed by atoms with Crippen molar-refractivity contribution < 1.29 is 14.2 Å². The van der Waals surface area contributed by atoms with Gasteiger partial charge in [-0.15, -0.1) is 24.0 Å². The lowest BCUT2D eigenvalue weighted by Crippen LogP contribution is -2.36. The van der Waals surface area contributed by atoms with Crippen molar-refractivity contribution in [1.29, 1.82) is 0 Å². The standard InChI is InChI=1S/C20H24ClN3O3.HI/c1-22-20(24-13-15-6-3-4-7-17(15)25-2)23-12-14-10-16(21)19-18(11-14)26-8-5-9-27-19;/h3-4,6-7,10-11H,5,8-9,12-13H2,1-2H3,(H2,22,23,24);1H. The Labute approximate surface area is 187 Å². The normalized spacial score (nSPS) is 13.2. The van der Waals surface area contributed by atoms with Crippen molar-refractivity contribution in [2.75, 3.05) is 27.4 Å². The molecule has 0 aliphatic carbocycles. The molecule has 8 heteroatoms. The summed E-state index contributed by atoms with van der Waals surface area (Å²) in [5, 5.41) is 7.13. The van der Waals surface area contributed by atoms with E-state index in [-0.39, 0.29) is 24.0 Å². The largest absolute Gasteiger partial charge is 0.496 e. The fraction of sp³-hybridized carbons (Fsp3) is 0.350. The third kappa shape index (κ3) is 5.81. The fourth-order valence-electron chi connectivity index (χ4n) is 2.82. The Morgan fingerprint density at radius 1 is 1.14 bits per heavy atom. The molecule has 0 amide bonds. The van der Waals surface area contributed by atoms with Crippen LogP contribution in [0.5, 0.6) is 17.2 Å². The number of hydrogen-bond acceptors (Lipinski definition) is 4. The summed E-state index contributed by atoms with van der Waals surface area (Å²) in [7, 11) is 3.40. The van der Waals surface area contributed by atoms with Crippen molar-refractivity contribution >= 4 is 41.5 Å². The van der Waals surface area contributed by atoms with Gasteiger partial charge in [0.25, 0.3) is 0 Å². The first-order valence-corrected chi connectivity index (χ1v) is 9.23. The van der Waals surface area contributed by atoms with E-state index in [9.17, 15) is 0 Å². The number of aliphatic imine (C=N–C) groups is 1. The zero-order chi connectivity index (χ0) is 19.1. The first kappa shape index (κ1) is 22.4. The molecular formula is C20H25ClIN3O3. The summed E-state index contributed by atoms with van der Waals surface area (Å²) in [5.41, 5.74) is 2.05. The molecule has 0 fully saturated rings. The number of nitrogens with zero attached hydrogens (tertiary/aromatic N) is 1. The molecule has 0 radical (unpaired) electrons. The Morgan fingerprint density at radius 2 is 1.89 bits per heavy atom. The lowest BCUT2D eigenvalue weighted by molar-refractivity contribution is 0.297. The summed E-state index contributed by atoms with van der Waals surface area (Å²) in [6.45, 7) is 2.40. The molecule has 1 aliphatic rings. The molecule has 0 saturated heterocycles. The molecule has 1 aliphatic heterocycles. The zero-order valence-corrected chi connectivity index (χ0v) is 19.0. The molecule has 3 rings (SSSR count). The van der Waals surface area contributed by atoms with Gasteiger partial charge in [-0.2, -0.15) is 0 Å². The minimum atomic E-state index is 0. The third-order valence-electron chi connectivity index (χ3n) is 4.18. The van der Waals surface area contributed by atoms with Crippen LogP contribution in [0.4, 0.5) is 0 Å². The van der Waals surface area contributed by atoms with Gasteiger partial charge in [-0.3, -0.25) is 4.99 Å². The van der Waals surface area contributed by atoms with Gasteiger partial charge in [0.1, 0.15) is 5.75 Å². The number of fused-ring (bicyclic) bond motifs is 1. The van der Waals surface area contributed by atoms with Crippen LogP contribution in [0.25, 0.3) is 0 Å².